The van der Waals surface area contributed by atoms with Crippen LogP contribution in [0.5, 0.6) is 0 Å². The van der Waals surface area contributed by atoms with Crippen molar-refractivity contribution in [2.45, 2.75) is 36.3 Å². The maximum absolute atomic E-state index is 12.3. The molecule has 0 saturated carbocycles. The molecule has 3 atom stereocenters. The van der Waals surface area contributed by atoms with Crippen LogP contribution in [0, 0.1) is 0 Å². The monoisotopic (exact) mass is 260 g/mol. The topological polar surface area (TPSA) is 94.6 Å². The van der Waals surface area contributed by atoms with Crippen molar-refractivity contribution in [2.24, 2.45) is 0 Å². The third kappa shape index (κ3) is 1.38. The van der Waals surface area contributed by atoms with Crippen LogP contribution in [0.15, 0.2) is 0 Å². The van der Waals surface area contributed by atoms with Gasteiger partial charge in [-0.3, -0.25) is 4.79 Å². The molecule has 16 heavy (non-hydrogen) atoms. The van der Waals surface area contributed by atoms with Crippen molar-refractivity contribution in [1.29, 1.82) is 0 Å². The number of carboxylic acid groups (broad SMARTS) is 1. The Morgan fingerprint density at radius 2 is 2.31 bits per heavy atom. The molecular formula is C8H10NNaO5S. The fraction of sp³-hybridized carbons (Fsp3) is 0.750. The molecule has 0 bridgehead atoms. The Hall–Kier alpha value is -0.110. The zero-order valence-electron chi connectivity index (χ0n) is 13.6. The van der Waals surface area contributed by atoms with Crippen molar-refractivity contribution in [2.75, 3.05) is 0 Å². The van der Waals surface area contributed by atoms with E-state index in [2.05, 4.69) is 0 Å². The normalized spacial score (nSPS) is 48.2. The van der Waals surface area contributed by atoms with Crippen LogP contribution in [0.25, 0.3) is 0 Å². The van der Waals surface area contributed by atoms with Crippen LogP contribution in [0.4, 0.5) is 0 Å². The summed E-state index contributed by atoms with van der Waals surface area (Å²) in [5, 5.41) is 9.04. The molecular weight excluding hydrogens is 245 g/mol. The van der Waals surface area contributed by atoms with E-state index < -0.39 is 51.1 Å². The SMILES string of the molecule is [2H]C1([2H])C(=O)N2[C@@H](C(=O)[O-])C(C)(C([2H])([2H])[2H])S(=O)(=O)[C@@H]21.[Na+]. The molecule has 84 valence electrons. The summed E-state index contributed by atoms with van der Waals surface area (Å²) >= 11 is 0. The molecule has 2 aliphatic rings. The molecule has 0 spiro atoms. The second kappa shape index (κ2) is 3.69. The smallest absolute Gasteiger partial charge is 0.548 e. The summed E-state index contributed by atoms with van der Waals surface area (Å²) in [5.41, 5.74) is 0. The first-order valence-electron chi connectivity index (χ1n) is 6.49. The van der Waals surface area contributed by atoms with E-state index >= 15 is 0 Å². The Labute approximate surface area is 122 Å². The quantitative estimate of drug-likeness (QED) is 0.347. The third-order valence-corrected chi connectivity index (χ3v) is 4.98. The minimum atomic E-state index is -4.77. The van der Waals surface area contributed by atoms with Gasteiger partial charge in [0.05, 0.1) is 23.1 Å². The summed E-state index contributed by atoms with van der Waals surface area (Å²) in [4.78, 5) is 23.0. The zero-order valence-corrected chi connectivity index (χ0v) is 11.4. The number of carboxylic acids is 1. The van der Waals surface area contributed by atoms with Gasteiger partial charge in [-0.2, -0.15) is 0 Å². The second-order valence-corrected chi connectivity index (χ2v) is 5.97. The summed E-state index contributed by atoms with van der Waals surface area (Å²) in [6.45, 7) is -2.58. The van der Waals surface area contributed by atoms with Gasteiger partial charge in [-0.05, 0) is 13.8 Å². The zero-order chi connectivity index (χ0) is 15.9. The molecule has 2 heterocycles. The van der Waals surface area contributed by atoms with Crippen LogP contribution in [0.1, 0.15) is 27.0 Å². The molecule has 6 nitrogen and oxygen atoms in total. The molecule has 0 aromatic rings. The van der Waals surface area contributed by atoms with Crippen LogP contribution in [0.2, 0.25) is 0 Å². The van der Waals surface area contributed by atoms with E-state index in [4.69, 9.17) is 6.85 Å². The molecule has 2 aliphatic heterocycles. The van der Waals surface area contributed by atoms with Crippen molar-refractivity contribution >= 4 is 21.7 Å². The molecule has 0 aromatic carbocycles. The van der Waals surface area contributed by atoms with Gasteiger partial charge in [-0.15, -0.1) is 0 Å². The van der Waals surface area contributed by atoms with Crippen LogP contribution in [-0.2, 0) is 19.4 Å². The number of hydrogen-bond acceptors (Lipinski definition) is 5. The third-order valence-electron chi connectivity index (χ3n) is 2.64. The Morgan fingerprint density at radius 1 is 1.75 bits per heavy atom. The first-order valence-corrected chi connectivity index (χ1v) is 5.54. The Morgan fingerprint density at radius 3 is 2.75 bits per heavy atom. The first-order chi connectivity index (χ1) is 8.72. The van der Waals surface area contributed by atoms with Gasteiger partial charge in [0.25, 0.3) is 0 Å². The summed E-state index contributed by atoms with van der Waals surface area (Å²) < 4.78 is 58.5. The van der Waals surface area contributed by atoms with Crippen LogP contribution in [0.3, 0.4) is 0 Å². The second-order valence-electron chi connectivity index (χ2n) is 3.58. The molecule has 0 N–H and O–H groups in total. The van der Waals surface area contributed by atoms with Crippen LogP contribution < -0.4 is 34.7 Å². The van der Waals surface area contributed by atoms with Crippen molar-refractivity contribution in [1.82, 2.24) is 4.90 Å². The standard InChI is InChI=1S/C8H11NO5S.Na/c1-8(2)6(7(11)12)9-4(10)3-5(9)15(8,13)14;/h5-6H,3H2,1-2H3,(H,11,12);/q;+1/p-1/t5-,6+;/m1./s1/i1D3,3D2;/t5-,6+,8?;. The number of carbonyl (C=O) groups is 2. The Balaban J connectivity index is 0.00000220. The molecule has 0 radical (unpaired) electrons. The number of amides is 1. The van der Waals surface area contributed by atoms with Gasteiger partial charge >= 0.3 is 29.6 Å². The fourth-order valence-electron chi connectivity index (χ4n) is 1.76. The van der Waals surface area contributed by atoms with E-state index in [9.17, 15) is 23.1 Å². The number of hydrogen-bond donors (Lipinski definition) is 0. The number of carbonyl (C=O) groups excluding carboxylic acids is 2. The molecule has 1 amide bonds. The van der Waals surface area contributed by atoms with E-state index in [1.165, 1.54) is 0 Å². The van der Waals surface area contributed by atoms with Gasteiger partial charge in [-0.25, -0.2) is 8.42 Å². The number of fused-ring (bicyclic) bond motifs is 1. The number of β-lactam (4-membered cyclic amide) rings is 1. The van der Waals surface area contributed by atoms with Crippen LogP contribution in [-0.4, -0.2) is 41.4 Å². The maximum atomic E-state index is 12.3. The molecule has 0 aliphatic carbocycles. The minimum absolute atomic E-state index is 0. The number of sulfone groups is 1. The van der Waals surface area contributed by atoms with Gasteiger partial charge in [0, 0.05) is 6.85 Å². The van der Waals surface area contributed by atoms with Crippen molar-refractivity contribution < 1.29 is 59.5 Å². The predicted molar refractivity (Wildman–Crippen MR) is 47.0 cm³/mol. The summed E-state index contributed by atoms with van der Waals surface area (Å²) in [6, 6.07) is -2.25. The van der Waals surface area contributed by atoms with E-state index in [0.29, 0.717) is 6.92 Å². The van der Waals surface area contributed by atoms with Crippen molar-refractivity contribution in [3.8, 4) is 0 Å². The summed E-state index contributed by atoms with van der Waals surface area (Å²) in [6.07, 6.45) is -2.84. The average Bonchev–Trinajstić information content (AvgIpc) is 2.42. The molecule has 0 aromatic heterocycles. The number of aliphatic carboxylic acids is 1. The first kappa shape index (κ1) is 8.07. The number of rotatable bonds is 1. The van der Waals surface area contributed by atoms with Gasteiger partial charge in [0.15, 0.2) is 9.84 Å². The largest absolute Gasteiger partial charge is 1.00 e. The maximum Gasteiger partial charge on any atom is 1.00 e. The number of nitrogens with zero attached hydrogens (tertiary/aromatic N) is 1. The molecule has 2 fully saturated rings. The summed E-state index contributed by atoms with van der Waals surface area (Å²) in [5.74, 6) is -3.41. The molecule has 1 unspecified atom stereocenters. The molecule has 8 heteroatoms. The van der Waals surface area contributed by atoms with Gasteiger partial charge in [0.1, 0.15) is 5.37 Å². The average molecular weight is 260 g/mol. The van der Waals surface area contributed by atoms with E-state index in [1.807, 2.05) is 0 Å². The fourth-order valence-corrected chi connectivity index (χ4v) is 3.52. The van der Waals surface area contributed by atoms with Gasteiger partial charge in [0.2, 0.25) is 5.91 Å². The van der Waals surface area contributed by atoms with Crippen molar-refractivity contribution in [3.63, 3.8) is 0 Å². The van der Waals surface area contributed by atoms with E-state index in [-0.39, 0.29) is 34.5 Å². The molecule has 2 rings (SSSR count). The van der Waals surface area contributed by atoms with Crippen LogP contribution >= 0.6 is 0 Å². The van der Waals surface area contributed by atoms with Gasteiger partial charge < -0.3 is 14.8 Å². The minimum Gasteiger partial charge on any atom is -0.548 e. The van der Waals surface area contributed by atoms with E-state index in [0.717, 1.165) is 0 Å². The Bertz CT molecular complexity index is 619. The summed E-state index contributed by atoms with van der Waals surface area (Å²) in [7, 11) is -4.77. The predicted octanol–water partition coefficient (Wildman–Crippen LogP) is -5.13. The molecule has 2 saturated heterocycles. The Kier molecular flexibility index (Phi) is 1.86. The van der Waals surface area contributed by atoms with Gasteiger partial charge in [-0.1, -0.05) is 0 Å². The van der Waals surface area contributed by atoms with Crippen molar-refractivity contribution in [3.05, 3.63) is 0 Å². The van der Waals surface area contributed by atoms with E-state index in [1.54, 1.807) is 0 Å².